The average Bonchev–Trinajstić information content (AvgIpc) is 2.48. The van der Waals surface area contributed by atoms with E-state index in [2.05, 4.69) is 15.9 Å². The molecule has 2 N–H and O–H groups in total. The van der Waals surface area contributed by atoms with Crippen LogP contribution in [-0.2, 0) is 11.8 Å². The van der Waals surface area contributed by atoms with Gasteiger partial charge in [-0.15, -0.1) is 0 Å². The quantitative estimate of drug-likeness (QED) is 0.839. The lowest BCUT2D eigenvalue weighted by Crippen LogP contribution is -2.37. The Kier molecular flexibility index (Phi) is 5.38. The molecule has 0 aliphatic heterocycles. The number of hydrogen-bond donors (Lipinski definition) is 2. The molecule has 0 bridgehead atoms. The number of aliphatic hydroxyl groups is 2. The van der Waals surface area contributed by atoms with Gasteiger partial charge in [-0.2, -0.15) is 0 Å². The smallest absolute Gasteiger partial charge is 0.127 e. The zero-order valence-electron chi connectivity index (χ0n) is 11.2. The second-order valence-corrected chi connectivity index (χ2v) is 6.37. The number of aliphatic hydroxyl groups excluding tert-OH is 2. The minimum absolute atomic E-state index is 0.195. The van der Waals surface area contributed by atoms with E-state index in [0.717, 1.165) is 5.56 Å². The van der Waals surface area contributed by atoms with E-state index in [9.17, 15) is 14.6 Å². The first-order chi connectivity index (χ1) is 10.0. The van der Waals surface area contributed by atoms with Gasteiger partial charge in [-0.05, 0) is 41.8 Å². The number of benzene rings is 2. The first kappa shape index (κ1) is 16.4. The van der Waals surface area contributed by atoms with Crippen LogP contribution in [0.5, 0.6) is 0 Å². The third-order valence-corrected chi connectivity index (χ3v) is 4.35. The topological polar surface area (TPSA) is 40.5 Å². The van der Waals surface area contributed by atoms with E-state index in [1.807, 2.05) is 0 Å². The highest BCUT2D eigenvalue weighted by molar-refractivity contribution is 9.10. The molecule has 0 amide bonds. The molecule has 0 aliphatic carbocycles. The highest BCUT2D eigenvalue weighted by atomic mass is 79.9. The van der Waals surface area contributed by atoms with Crippen molar-refractivity contribution in [2.45, 2.75) is 11.8 Å². The van der Waals surface area contributed by atoms with Crippen molar-refractivity contribution in [3.8, 4) is 0 Å². The summed E-state index contributed by atoms with van der Waals surface area (Å²) in [6.07, 6.45) is 0.195. The van der Waals surface area contributed by atoms with E-state index < -0.39 is 5.41 Å². The van der Waals surface area contributed by atoms with Crippen LogP contribution in [0, 0.1) is 5.82 Å². The maximum absolute atomic E-state index is 14.0. The van der Waals surface area contributed by atoms with Crippen LogP contribution >= 0.6 is 27.5 Å². The summed E-state index contributed by atoms with van der Waals surface area (Å²) in [6, 6.07) is 11.6. The van der Waals surface area contributed by atoms with Gasteiger partial charge < -0.3 is 10.2 Å². The van der Waals surface area contributed by atoms with Crippen molar-refractivity contribution in [2.24, 2.45) is 0 Å². The second kappa shape index (κ2) is 6.88. The Balaban J connectivity index is 2.40. The summed E-state index contributed by atoms with van der Waals surface area (Å²) in [5.74, 6) is -0.371. The fourth-order valence-corrected chi connectivity index (χ4v) is 2.74. The van der Waals surface area contributed by atoms with Crippen molar-refractivity contribution in [3.63, 3.8) is 0 Å². The number of rotatable bonds is 5. The monoisotopic (exact) mass is 372 g/mol. The molecule has 0 saturated heterocycles. The Morgan fingerprint density at radius 3 is 2.19 bits per heavy atom. The average molecular weight is 374 g/mol. The van der Waals surface area contributed by atoms with E-state index in [1.165, 1.54) is 6.07 Å². The summed E-state index contributed by atoms with van der Waals surface area (Å²) in [5, 5.41) is 20.1. The van der Waals surface area contributed by atoms with Gasteiger partial charge in [-0.25, -0.2) is 4.39 Å². The molecular weight excluding hydrogens is 359 g/mol. The van der Waals surface area contributed by atoms with Crippen LogP contribution in [0.15, 0.2) is 46.9 Å². The van der Waals surface area contributed by atoms with Crippen LogP contribution in [0.25, 0.3) is 0 Å². The Labute approximate surface area is 136 Å². The first-order valence-corrected chi connectivity index (χ1v) is 7.59. The van der Waals surface area contributed by atoms with Gasteiger partial charge in [0.25, 0.3) is 0 Å². The molecule has 0 atom stereocenters. The summed E-state index contributed by atoms with van der Waals surface area (Å²) in [5.41, 5.74) is 0.217. The summed E-state index contributed by atoms with van der Waals surface area (Å²) in [7, 11) is 0. The van der Waals surface area contributed by atoms with Gasteiger partial charge in [0.05, 0.1) is 13.2 Å². The molecule has 21 heavy (non-hydrogen) atoms. The Morgan fingerprint density at radius 1 is 1.05 bits per heavy atom. The van der Waals surface area contributed by atoms with Gasteiger partial charge in [0.15, 0.2) is 0 Å². The minimum atomic E-state index is -0.945. The molecule has 2 rings (SSSR count). The lowest BCUT2D eigenvalue weighted by atomic mass is 9.77. The Bertz CT molecular complexity index is 612. The third kappa shape index (κ3) is 3.64. The molecule has 0 heterocycles. The SMILES string of the molecule is OCC(CO)(Cc1ccc(Br)cc1F)c1ccc(Cl)cc1. The largest absolute Gasteiger partial charge is 0.395 e. The molecule has 2 nitrogen and oxygen atoms in total. The van der Waals surface area contributed by atoms with Crippen molar-refractivity contribution in [2.75, 3.05) is 13.2 Å². The maximum atomic E-state index is 14.0. The van der Waals surface area contributed by atoms with Gasteiger partial charge in [-0.3, -0.25) is 0 Å². The number of halogens is 3. The number of hydrogen-bond acceptors (Lipinski definition) is 2. The van der Waals surface area contributed by atoms with Crippen LogP contribution in [-0.4, -0.2) is 23.4 Å². The molecule has 2 aromatic rings. The molecule has 0 aliphatic rings. The fraction of sp³-hybridized carbons (Fsp3) is 0.250. The van der Waals surface area contributed by atoms with E-state index in [0.29, 0.717) is 15.1 Å². The highest BCUT2D eigenvalue weighted by Gasteiger charge is 2.32. The summed E-state index contributed by atoms with van der Waals surface area (Å²) >= 11 is 9.07. The second-order valence-electron chi connectivity index (χ2n) is 5.02. The molecule has 0 radical (unpaired) electrons. The minimum Gasteiger partial charge on any atom is -0.395 e. The molecule has 5 heteroatoms. The van der Waals surface area contributed by atoms with Crippen LogP contribution in [0.2, 0.25) is 5.02 Å². The van der Waals surface area contributed by atoms with Crippen molar-refractivity contribution in [1.29, 1.82) is 0 Å². The predicted octanol–water partition coefficient (Wildman–Crippen LogP) is 3.71. The molecule has 0 saturated carbocycles. The van der Waals surface area contributed by atoms with Gasteiger partial charge in [0, 0.05) is 14.9 Å². The van der Waals surface area contributed by atoms with E-state index in [4.69, 9.17) is 11.6 Å². The third-order valence-electron chi connectivity index (χ3n) is 3.61. The van der Waals surface area contributed by atoms with Crippen LogP contribution in [0.1, 0.15) is 11.1 Å². The Hall–Kier alpha value is -0.940. The van der Waals surface area contributed by atoms with Gasteiger partial charge >= 0.3 is 0 Å². The molecular formula is C16H15BrClFO2. The van der Waals surface area contributed by atoms with E-state index >= 15 is 0 Å². The van der Waals surface area contributed by atoms with Crippen molar-refractivity contribution >= 4 is 27.5 Å². The standard InChI is InChI=1S/C16H15BrClFO2/c17-13-4-1-11(15(19)7-13)8-16(9-20,10-21)12-2-5-14(18)6-3-12/h1-7,20-21H,8-10H2. The zero-order chi connectivity index (χ0) is 15.5. The van der Waals surface area contributed by atoms with Crippen LogP contribution in [0.4, 0.5) is 4.39 Å². The van der Waals surface area contributed by atoms with Crippen molar-refractivity contribution in [1.82, 2.24) is 0 Å². The normalized spacial score (nSPS) is 11.7. The van der Waals surface area contributed by atoms with Crippen molar-refractivity contribution in [3.05, 3.63) is 68.9 Å². The maximum Gasteiger partial charge on any atom is 0.127 e. The van der Waals surface area contributed by atoms with Gasteiger partial charge in [-0.1, -0.05) is 45.7 Å². The van der Waals surface area contributed by atoms with E-state index in [1.54, 1.807) is 36.4 Å². The summed E-state index contributed by atoms with van der Waals surface area (Å²) in [4.78, 5) is 0. The van der Waals surface area contributed by atoms with Crippen LogP contribution in [0.3, 0.4) is 0 Å². The molecule has 112 valence electrons. The highest BCUT2D eigenvalue weighted by Crippen LogP contribution is 2.30. The predicted molar refractivity (Wildman–Crippen MR) is 85.1 cm³/mol. The van der Waals surface area contributed by atoms with Gasteiger partial charge in [0.1, 0.15) is 5.82 Å². The molecule has 2 aromatic carbocycles. The van der Waals surface area contributed by atoms with E-state index in [-0.39, 0.29) is 25.5 Å². The first-order valence-electron chi connectivity index (χ1n) is 6.42. The summed E-state index contributed by atoms with van der Waals surface area (Å²) in [6.45, 7) is -0.582. The summed E-state index contributed by atoms with van der Waals surface area (Å²) < 4.78 is 14.7. The van der Waals surface area contributed by atoms with Crippen molar-refractivity contribution < 1.29 is 14.6 Å². The lowest BCUT2D eigenvalue weighted by Gasteiger charge is -2.31. The zero-order valence-corrected chi connectivity index (χ0v) is 13.5. The molecule has 0 fully saturated rings. The lowest BCUT2D eigenvalue weighted by molar-refractivity contribution is 0.115. The molecule has 0 aromatic heterocycles. The Morgan fingerprint density at radius 2 is 1.67 bits per heavy atom. The molecule has 0 spiro atoms. The molecule has 0 unspecified atom stereocenters. The van der Waals surface area contributed by atoms with Gasteiger partial charge in [0.2, 0.25) is 0 Å². The fourth-order valence-electron chi connectivity index (χ4n) is 2.28. The van der Waals surface area contributed by atoms with Crippen LogP contribution < -0.4 is 0 Å².